The molecule has 0 aliphatic heterocycles. The summed E-state index contributed by atoms with van der Waals surface area (Å²) in [6, 6.07) is 9.49. The van der Waals surface area contributed by atoms with Crippen LogP contribution in [0.2, 0.25) is 0 Å². The zero-order valence-corrected chi connectivity index (χ0v) is 9.15. The third-order valence-corrected chi connectivity index (χ3v) is 2.13. The highest BCUT2D eigenvalue weighted by atomic mass is 32.1. The van der Waals surface area contributed by atoms with E-state index in [0.717, 1.165) is 5.69 Å². The number of aromatic nitrogens is 1. The monoisotopic (exact) mass is 237 g/mol. The zero-order valence-electron chi connectivity index (χ0n) is 8.33. The molecule has 0 spiro atoms. The van der Waals surface area contributed by atoms with Crippen LogP contribution in [0.15, 0.2) is 41.9 Å². The summed E-state index contributed by atoms with van der Waals surface area (Å²) >= 11 is 1.25. The molecule has 84 valence electrons. The highest BCUT2D eigenvalue weighted by Crippen LogP contribution is 2.09. The summed E-state index contributed by atoms with van der Waals surface area (Å²) in [4.78, 5) is 13.6. The van der Waals surface area contributed by atoms with Gasteiger partial charge in [0, 0.05) is 17.3 Å². The molecule has 0 aliphatic carbocycles. The minimum Gasteiger partial charge on any atom is -0.465 e. The first-order valence-corrected chi connectivity index (χ1v) is 5.26. The molecule has 6 heteroatoms. The highest BCUT2D eigenvalue weighted by Gasteiger charge is 1.96. The number of carbonyl (C=O) groups is 1. The smallest absolute Gasteiger partial charge is 0.410 e. The molecule has 1 heterocycles. The molecule has 2 aromatic rings. The van der Waals surface area contributed by atoms with Gasteiger partial charge in [0.15, 0.2) is 5.13 Å². The van der Waals surface area contributed by atoms with Crippen LogP contribution in [0.1, 0.15) is 0 Å². The number of anilines is 2. The maximum absolute atomic E-state index is 9.92. The predicted molar refractivity (Wildman–Crippen MR) is 64.6 cm³/mol. The number of amides is 1. The van der Waals surface area contributed by atoms with E-state index in [2.05, 4.69) is 10.3 Å². The van der Waals surface area contributed by atoms with Gasteiger partial charge in [0.05, 0.1) is 0 Å². The van der Waals surface area contributed by atoms with Gasteiger partial charge in [0.25, 0.3) is 0 Å². The van der Waals surface area contributed by atoms with Crippen molar-refractivity contribution in [3.8, 4) is 0 Å². The summed E-state index contributed by atoms with van der Waals surface area (Å²) in [5, 5.41) is 12.4. The lowest BCUT2D eigenvalue weighted by atomic mass is 10.3. The number of hydrogen-bond acceptors (Lipinski definition) is 4. The second kappa shape index (κ2) is 6.41. The lowest BCUT2D eigenvalue weighted by Gasteiger charge is -1.89. The standard InChI is InChI=1S/C6H7N.C4H4N2O2S/c7-6-4-2-1-3-5-6;7-4(8)6-3-5-1-2-9-3/h1-5H,7H2;1-2H,(H,5,6)(H,7,8). The van der Waals surface area contributed by atoms with Crippen molar-refractivity contribution >= 4 is 28.2 Å². The molecular weight excluding hydrogens is 226 g/mol. The van der Waals surface area contributed by atoms with Gasteiger partial charge in [-0.05, 0) is 12.1 Å². The summed E-state index contributed by atoms with van der Waals surface area (Å²) in [6.07, 6.45) is 0.459. The van der Waals surface area contributed by atoms with Gasteiger partial charge in [-0.15, -0.1) is 11.3 Å². The van der Waals surface area contributed by atoms with Crippen molar-refractivity contribution in [3.05, 3.63) is 41.9 Å². The zero-order chi connectivity index (χ0) is 11.8. The van der Waals surface area contributed by atoms with Gasteiger partial charge in [0.1, 0.15) is 0 Å². The number of nitrogens with two attached hydrogens (primary N) is 1. The number of benzene rings is 1. The first kappa shape index (κ1) is 12.0. The molecule has 0 unspecified atom stereocenters. The van der Waals surface area contributed by atoms with Crippen molar-refractivity contribution in [2.24, 2.45) is 0 Å². The van der Waals surface area contributed by atoms with E-state index in [9.17, 15) is 4.79 Å². The molecule has 1 amide bonds. The molecule has 1 aromatic carbocycles. The Kier molecular flexibility index (Phi) is 4.81. The first-order valence-electron chi connectivity index (χ1n) is 4.38. The molecule has 0 radical (unpaired) electrons. The summed E-state index contributed by atoms with van der Waals surface area (Å²) in [7, 11) is 0. The second-order valence-corrected chi connectivity index (χ2v) is 3.57. The van der Waals surface area contributed by atoms with Crippen LogP contribution in [0.3, 0.4) is 0 Å². The fourth-order valence-electron chi connectivity index (χ4n) is 0.830. The van der Waals surface area contributed by atoms with E-state index in [-0.39, 0.29) is 0 Å². The van der Waals surface area contributed by atoms with Gasteiger partial charge in [-0.3, -0.25) is 5.32 Å². The quantitative estimate of drug-likeness (QED) is 0.665. The number of nitrogen functional groups attached to an aromatic ring is 1. The first-order chi connectivity index (χ1) is 7.68. The van der Waals surface area contributed by atoms with Gasteiger partial charge >= 0.3 is 6.09 Å². The van der Waals surface area contributed by atoms with Gasteiger partial charge in [-0.1, -0.05) is 18.2 Å². The number of thiazole rings is 1. The Labute approximate surface area is 96.6 Å². The average molecular weight is 237 g/mol. The molecule has 0 atom stereocenters. The third-order valence-electron chi connectivity index (χ3n) is 1.45. The Bertz CT molecular complexity index is 417. The number of hydrogen-bond donors (Lipinski definition) is 3. The van der Waals surface area contributed by atoms with Gasteiger partial charge in [-0.25, -0.2) is 9.78 Å². The molecule has 2 rings (SSSR count). The maximum atomic E-state index is 9.92. The SMILES string of the molecule is Nc1ccccc1.O=C(O)Nc1nccs1. The van der Waals surface area contributed by atoms with Crippen molar-refractivity contribution < 1.29 is 9.90 Å². The van der Waals surface area contributed by atoms with E-state index < -0.39 is 6.09 Å². The molecule has 0 fully saturated rings. The number of para-hydroxylation sites is 1. The van der Waals surface area contributed by atoms with Crippen molar-refractivity contribution in [3.63, 3.8) is 0 Å². The van der Waals surface area contributed by atoms with E-state index >= 15 is 0 Å². The van der Waals surface area contributed by atoms with Crippen LogP contribution in [0.4, 0.5) is 15.6 Å². The normalized spacial score (nSPS) is 8.75. The van der Waals surface area contributed by atoms with Gasteiger partial charge in [0.2, 0.25) is 0 Å². The van der Waals surface area contributed by atoms with Crippen LogP contribution in [-0.2, 0) is 0 Å². The fourth-order valence-corrected chi connectivity index (χ4v) is 1.35. The van der Waals surface area contributed by atoms with Crippen molar-refractivity contribution in [2.75, 3.05) is 11.1 Å². The van der Waals surface area contributed by atoms with Crippen molar-refractivity contribution in [2.45, 2.75) is 0 Å². The molecule has 4 N–H and O–H groups in total. The highest BCUT2D eigenvalue weighted by molar-refractivity contribution is 7.13. The van der Waals surface area contributed by atoms with Crippen LogP contribution in [0.25, 0.3) is 0 Å². The minimum absolute atomic E-state index is 0.405. The van der Waals surface area contributed by atoms with Crippen LogP contribution >= 0.6 is 11.3 Å². The topological polar surface area (TPSA) is 88.2 Å². The maximum Gasteiger partial charge on any atom is 0.410 e. The Morgan fingerprint density at radius 2 is 2.06 bits per heavy atom. The second-order valence-electron chi connectivity index (χ2n) is 2.68. The molecule has 0 saturated carbocycles. The van der Waals surface area contributed by atoms with E-state index in [4.69, 9.17) is 10.8 Å². The van der Waals surface area contributed by atoms with E-state index in [1.54, 1.807) is 5.38 Å². The van der Waals surface area contributed by atoms with Gasteiger partial charge in [-0.2, -0.15) is 0 Å². The summed E-state index contributed by atoms with van der Waals surface area (Å²) in [5.74, 6) is 0. The minimum atomic E-state index is -1.08. The number of nitrogens with one attached hydrogen (secondary N) is 1. The lowest BCUT2D eigenvalue weighted by Crippen LogP contribution is -2.06. The predicted octanol–water partition coefficient (Wildman–Crippen LogP) is 2.50. The van der Waals surface area contributed by atoms with E-state index in [0.29, 0.717) is 5.13 Å². The Morgan fingerprint density at radius 3 is 2.44 bits per heavy atom. The summed E-state index contributed by atoms with van der Waals surface area (Å²) < 4.78 is 0. The van der Waals surface area contributed by atoms with Crippen LogP contribution in [0.5, 0.6) is 0 Å². The average Bonchev–Trinajstić information content (AvgIpc) is 2.71. The van der Waals surface area contributed by atoms with Crippen LogP contribution in [0, 0.1) is 0 Å². The molecule has 0 saturated heterocycles. The number of nitrogens with zero attached hydrogens (tertiary/aromatic N) is 1. The fraction of sp³-hybridized carbons (Fsp3) is 0. The molecule has 1 aromatic heterocycles. The van der Waals surface area contributed by atoms with Crippen molar-refractivity contribution in [1.82, 2.24) is 4.98 Å². The summed E-state index contributed by atoms with van der Waals surface area (Å²) in [6.45, 7) is 0. The third kappa shape index (κ3) is 4.97. The van der Waals surface area contributed by atoms with Crippen LogP contribution < -0.4 is 11.1 Å². The van der Waals surface area contributed by atoms with Crippen molar-refractivity contribution in [1.29, 1.82) is 0 Å². The van der Waals surface area contributed by atoms with Crippen LogP contribution in [-0.4, -0.2) is 16.2 Å². The lowest BCUT2D eigenvalue weighted by molar-refractivity contribution is 0.209. The molecule has 16 heavy (non-hydrogen) atoms. The van der Waals surface area contributed by atoms with E-state index in [1.165, 1.54) is 17.5 Å². The molecule has 0 bridgehead atoms. The molecule has 0 aliphatic rings. The molecular formula is C10H11N3O2S. The summed E-state index contributed by atoms with van der Waals surface area (Å²) in [5.41, 5.74) is 6.18. The number of carboxylic acid groups (broad SMARTS) is 1. The van der Waals surface area contributed by atoms with Gasteiger partial charge < -0.3 is 10.8 Å². The molecule has 5 nitrogen and oxygen atoms in total. The Morgan fingerprint density at radius 1 is 1.38 bits per heavy atom. The number of rotatable bonds is 1. The Balaban J connectivity index is 0.000000165. The van der Waals surface area contributed by atoms with E-state index in [1.807, 2.05) is 30.3 Å². The largest absolute Gasteiger partial charge is 0.465 e. The Hall–Kier alpha value is -2.08.